The van der Waals surface area contributed by atoms with Gasteiger partial charge in [0.1, 0.15) is 5.75 Å². The minimum atomic E-state index is -0.634. The minimum Gasteiger partial charge on any atom is -0.454 e. The van der Waals surface area contributed by atoms with Crippen LogP contribution in [0.2, 0.25) is 0 Å². The third-order valence-electron chi connectivity index (χ3n) is 4.45. The number of carbonyl (C=O) groups excluding carboxylic acids is 2. The first-order chi connectivity index (χ1) is 14.9. The van der Waals surface area contributed by atoms with E-state index >= 15 is 0 Å². The molecule has 2 aromatic carbocycles. The normalized spacial score (nSPS) is 10.4. The van der Waals surface area contributed by atoms with Gasteiger partial charge < -0.3 is 14.6 Å². The maximum Gasteiger partial charge on any atom is 0.321 e. The van der Waals surface area contributed by atoms with Crippen molar-refractivity contribution in [1.82, 2.24) is 15.2 Å². The van der Waals surface area contributed by atoms with E-state index < -0.39 is 17.8 Å². The Morgan fingerprint density at radius 1 is 1.03 bits per heavy atom. The molecule has 2 N–H and O–H groups in total. The van der Waals surface area contributed by atoms with Crippen molar-refractivity contribution in [3.63, 3.8) is 0 Å². The van der Waals surface area contributed by atoms with Gasteiger partial charge in [0, 0.05) is 24.8 Å². The molecule has 0 unspecified atom stereocenters. The second-order valence-electron chi connectivity index (χ2n) is 6.85. The zero-order valence-corrected chi connectivity index (χ0v) is 16.9. The first-order valence-electron chi connectivity index (χ1n) is 9.67. The summed E-state index contributed by atoms with van der Waals surface area (Å²) >= 11 is 0. The fourth-order valence-corrected chi connectivity index (χ4v) is 2.85. The van der Waals surface area contributed by atoms with Crippen LogP contribution in [-0.4, -0.2) is 23.1 Å². The van der Waals surface area contributed by atoms with Gasteiger partial charge in [0.05, 0.1) is 6.42 Å². The number of aryl methyl sites for hydroxylation is 1. The van der Waals surface area contributed by atoms with Crippen molar-refractivity contribution in [2.24, 2.45) is 0 Å². The molecule has 31 heavy (non-hydrogen) atoms. The third-order valence-corrected chi connectivity index (χ3v) is 4.45. The van der Waals surface area contributed by atoms with E-state index in [0.29, 0.717) is 23.4 Å². The second-order valence-corrected chi connectivity index (χ2v) is 6.85. The summed E-state index contributed by atoms with van der Waals surface area (Å²) in [4.78, 5) is 35.9. The summed E-state index contributed by atoms with van der Waals surface area (Å²) in [6.07, 6.45) is 1.63. The fraction of sp³-hybridized carbons (Fsp3) is 0.174. The van der Waals surface area contributed by atoms with Crippen LogP contribution in [0.25, 0.3) is 0 Å². The molecule has 0 atom stereocenters. The van der Waals surface area contributed by atoms with Crippen molar-refractivity contribution < 1.29 is 18.7 Å². The molecule has 8 heteroatoms. The highest BCUT2D eigenvalue weighted by molar-refractivity contribution is 5.95. The monoisotopic (exact) mass is 423 g/mol. The zero-order chi connectivity index (χ0) is 22.2. The van der Waals surface area contributed by atoms with E-state index in [9.17, 15) is 18.8 Å². The number of aromatic nitrogens is 1. The fourth-order valence-electron chi connectivity index (χ4n) is 2.85. The number of benzene rings is 2. The van der Waals surface area contributed by atoms with Gasteiger partial charge in [0.15, 0.2) is 11.6 Å². The lowest BCUT2D eigenvalue weighted by Crippen LogP contribution is -2.42. The first kappa shape index (κ1) is 21.8. The number of ether oxygens (including phenoxy) is 1. The molecular formula is C23H22FN3O4. The smallest absolute Gasteiger partial charge is 0.321 e. The Balaban J connectivity index is 1.44. The number of pyridine rings is 1. The summed E-state index contributed by atoms with van der Waals surface area (Å²) in [5, 5.41) is 4.80. The number of amides is 3. The van der Waals surface area contributed by atoms with Gasteiger partial charge in [-0.25, -0.2) is 9.18 Å². The number of nitrogens with zero attached hydrogens (tertiary/aromatic N) is 1. The highest BCUT2D eigenvalue weighted by atomic mass is 19.1. The molecule has 3 amide bonds. The number of para-hydroxylation sites is 1. The third kappa shape index (κ3) is 6.27. The van der Waals surface area contributed by atoms with E-state index in [0.717, 1.165) is 0 Å². The Hall–Kier alpha value is -3.94. The number of imide groups is 1. The number of rotatable bonds is 7. The predicted molar refractivity (Wildman–Crippen MR) is 114 cm³/mol. The maximum absolute atomic E-state index is 13.6. The van der Waals surface area contributed by atoms with Crippen molar-refractivity contribution in [2.45, 2.75) is 19.9 Å². The largest absolute Gasteiger partial charge is 0.454 e. The zero-order valence-electron chi connectivity index (χ0n) is 16.9. The van der Waals surface area contributed by atoms with E-state index in [1.165, 1.54) is 16.7 Å². The number of urea groups is 1. The summed E-state index contributed by atoms with van der Waals surface area (Å²) in [5.74, 6) is -0.409. The molecule has 3 rings (SSSR count). The van der Waals surface area contributed by atoms with E-state index in [1.54, 1.807) is 61.7 Å². The summed E-state index contributed by atoms with van der Waals surface area (Å²) in [5.41, 5.74) is 1.16. The molecule has 7 nitrogen and oxygen atoms in total. The number of halogens is 1. The first-order valence-corrected chi connectivity index (χ1v) is 9.67. The SMILES string of the molecule is Cc1cccn(CCNC(=O)NC(=O)Cc2ccc(Oc3ccccc3F)cc2)c1=O. The predicted octanol–water partition coefficient (Wildman–Crippen LogP) is 3.16. The van der Waals surface area contributed by atoms with Crippen LogP contribution in [0.1, 0.15) is 11.1 Å². The van der Waals surface area contributed by atoms with Gasteiger partial charge in [0.2, 0.25) is 5.91 Å². The van der Waals surface area contributed by atoms with E-state index in [4.69, 9.17) is 4.74 Å². The molecule has 0 radical (unpaired) electrons. The molecule has 0 bridgehead atoms. The summed E-state index contributed by atoms with van der Waals surface area (Å²) in [7, 11) is 0. The highest BCUT2D eigenvalue weighted by Gasteiger charge is 2.09. The topological polar surface area (TPSA) is 89.4 Å². The van der Waals surface area contributed by atoms with Gasteiger partial charge in [-0.3, -0.25) is 14.9 Å². The lowest BCUT2D eigenvalue weighted by molar-refractivity contribution is -0.119. The van der Waals surface area contributed by atoms with Crippen LogP contribution in [0, 0.1) is 12.7 Å². The average molecular weight is 423 g/mol. The Morgan fingerprint density at radius 3 is 2.52 bits per heavy atom. The van der Waals surface area contributed by atoms with Crippen LogP contribution in [0.3, 0.4) is 0 Å². The molecule has 0 aliphatic heterocycles. The molecule has 0 aliphatic carbocycles. The molecule has 0 saturated carbocycles. The van der Waals surface area contributed by atoms with Crippen LogP contribution in [0.4, 0.5) is 9.18 Å². The van der Waals surface area contributed by atoms with Crippen molar-refractivity contribution >= 4 is 11.9 Å². The molecule has 160 valence electrons. The minimum absolute atomic E-state index is 0.00919. The number of hydrogen-bond acceptors (Lipinski definition) is 4. The standard InChI is InChI=1S/C23H22FN3O4/c1-16-5-4-13-27(22(16)29)14-12-25-23(30)26-21(28)15-17-8-10-18(11-9-17)31-20-7-3-2-6-19(20)24/h2-11,13H,12,14-15H2,1H3,(H2,25,26,28,30). The number of nitrogens with one attached hydrogen (secondary N) is 2. The molecule has 1 heterocycles. The van der Waals surface area contributed by atoms with Crippen LogP contribution >= 0.6 is 0 Å². The Kier molecular flexibility index (Phi) is 7.16. The Labute approximate surface area is 178 Å². The van der Waals surface area contributed by atoms with Crippen LogP contribution in [-0.2, 0) is 17.8 Å². The number of hydrogen-bond donors (Lipinski definition) is 2. The van der Waals surface area contributed by atoms with Crippen LogP contribution < -0.4 is 20.9 Å². The molecule has 0 saturated heterocycles. The van der Waals surface area contributed by atoms with Crippen molar-refractivity contribution in [3.8, 4) is 11.5 Å². The van der Waals surface area contributed by atoms with Gasteiger partial charge in [0.25, 0.3) is 5.56 Å². The van der Waals surface area contributed by atoms with Gasteiger partial charge in [-0.05, 0) is 42.8 Å². The second kappa shape index (κ2) is 10.2. The Morgan fingerprint density at radius 2 is 1.77 bits per heavy atom. The van der Waals surface area contributed by atoms with Crippen molar-refractivity contribution in [3.05, 3.63) is 94.2 Å². The van der Waals surface area contributed by atoms with Gasteiger partial charge in [-0.15, -0.1) is 0 Å². The Bertz CT molecular complexity index is 1130. The van der Waals surface area contributed by atoms with Gasteiger partial charge >= 0.3 is 6.03 Å². The molecule has 0 aliphatic rings. The lowest BCUT2D eigenvalue weighted by atomic mass is 10.1. The van der Waals surface area contributed by atoms with Gasteiger partial charge in [-0.2, -0.15) is 0 Å². The van der Waals surface area contributed by atoms with Crippen LogP contribution in [0.15, 0.2) is 71.7 Å². The lowest BCUT2D eigenvalue weighted by Gasteiger charge is -2.09. The quantitative estimate of drug-likeness (QED) is 0.611. The molecular weight excluding hydrogens is 401 g/mol. The summed E-state index contributed by atoms with van der Waals surface area (Å²) < 4.78 is 20.6. The van der Waals surface area contributed by atoms with Gasteiger partial charge in [-0.1, -0.05) is 30.3 Å². The van der Waals surface area contributed by atoms with E-state index in [2.05, 4.69) is 10.6 Å². The molecule has 0 fully saturated rings. The number of carbonyl (C=O) groups is 2. The average Bonchev–Trinajstić information content (AvgIpc) is 2.74. The summed E-state index contributed by atoms with van der Waals surface area (Å²) in [6, 6.07) is 15.5. The molecule has 3 aromatic rings. The molecule has 1 aromatic heterocycles. The molecule has 0 spiro atoms. The van der Waals surface area contributed by atoms with E-state index in [1.807, 2.05) is 0 Å². The summed E-state index contributed by atoms with van der Waals surface area (Å²) in [6.45, 7) is 2.21. The van der Waals surface area contributed by atoms with Crippen molar-refractivity contribution in [1.29, 1.82) is 0 Å². The highest BCUT2D eigenvalue weighted by Crippen LogP contribution is 2.24. The van der Waals surface area contributed by atoms with Crippen LogP contribution in [0.5, 0.6) is 11.5 Å². The van der Waals surface area contributed by atoms with Crippen molar-refractivity contribution in [2.75, 3.05) is 6.54 Å². The van der Waals surface area contributed by atoms with E-state index in [-0.39, 0.29) is 24.3 Å². The maximum atomic E-state index is 13.6.